The number of aryl methyl sites for hydroxylation is 1. The fourth-order valence-corrected chi connectivity index (χ4v) is 5.69. The molecule has 0 aliphatic carbocycles. The minimum Gasteiger partial charge on any atom is -0.315 e. The number of rotatable bonds is 5. The van der Waals surface area contributed by atoms with Crippen LogP contribution >= 0.6 is 35.8 Å². The number of nitrogens with one attached hydrogen (secondary N) is 1. The average molecular weight is 553 g/mol. The topological polar surface area (TPSA) is 72.9 Å². The van der Waals surface area contributed by atoms with Gasteiger partial charge in [-0.25, -0.2) is 4.68 Å². The van der Waals surface area contributed by atoms with E-state index >= 15 is 0 Å². The maximum absolute atomic E-state index is 13.5. The molecule has 186 valence electrons. The lowest BCUT2D eigenvalue weighted by atomic mass is 10.1. The van der Waals surface area contributed by atoms with E-state index in [4.69, 9.17) is 29.5 Å². The van der Waals surface area contributed by atoms with E-state index in [0.29, 0.717) is 14.3 Å². The van der Waals surface area contributed by atoms with Crippen LogP contribution in [0, 0.1) is 15.6 Å². The zero-order chi connectivity index (χ0) is 26.2. The van der Waals surface area contributed by atoms with Crippen molar-refractivity contribution in [1.29, 1.82) is 0 Å². The summed E-state index contributed by atoms with van der Waals surface area (Å²) in [6, 6.07) is 27.6. The predicted molar refractivity (Wildman–Crippen MR) is 158 cm³/mol. The molecule has 0 aliphatic heterocycles. The van der Waals surface area contributed by atoms with Gasteiger partial charge in [0.05, 0.1) is 11.9 Å². The van der Waals surface area contributed by atoms with Crippen molar-refractivity contribution in [2.24, 2.45) is 5.10 Å². The van der Waals surface area contributed by atoms with Crippen LogP contribution in [0.4, 0.5) is 0 Å². The summed E-state index contributed by atoms with van der Waals surface area (Å²) in [6.45, 7) is 2.04. The predicted octanol–water partition coefficient (Wildman–Crippen LogP) is 6.68. The molecule has 1 N–H and O–H groups in total. The van der Waals surface area contributed by atoms with Crippen LogP contribution in [-0.2, 0) is 0 Å². The first kappa shape index (κ1) is 24.1. The molecular weight excluding hydrogens is 533 g/mol. The van der Waals surface area contributed by atoms with Gasteiger partial charge in [-0.3, -0.25) is 9.36 Å². The van der Waals surface area contributed by atoms with Crippen molar-refractivity contribution in [3.63, 3.8) is 0 Å². The second kappa shape index (κ2) is 9.90. The van der Waals surface area contributed by atoms with Gasteiger partial charge in [-0.1, -0.05) is 77.6 Å². The van der Waals surface area contributed by atoms with E-state index in [0.717, 1.165) is 33.8 Å². The Hall–Kier alpha value is -4.25. The van der Waals surface area contributed by atoms with E-state index in [-0.39, 0.29) is 10.3 Å². The zero-order valence-electron chi connectivity index (χ0n) is 20.1. The summed E-state index contributed by atoms with van der Waals surface area (Å²) in [5, 5.41) is 9.33. The molecule has 0 bridgehead atoms. The molecular formula is C28H20N6OS3. The Bertz CT molecular complexity index is 1980. The van der Waals surface area contributed by atoms with Crippen molar-refractivity contribution < 1.29 is 0 Å². The fourth-order valence-electron chi connectivity index (χ4n) is 4.14. The summed E-state index contributed by atoms with van der Waals surface area (Å²) >= 11 is 12.4. The van der Waals surface area contributed by atoms with E-state index in [9.17, 15) is 4.79 Å². The van der Waals surface area contributed by atoms with Crippen LogP contribution in [-0.4, -0.2) is 30.2 Å². The minimum atomic E-state index is -0.335. The molecule has 0 radical (unpaired) electrons. The molecule has 3 aromatic carbocycles. The Balaban J connectivity index is 1.48. The van der Waals surface area contributed by atoms with Crippen LogP contribution in [0.25, 0.3) is 33.0 Å². The molecule has 6 aromatic rings. The van der Waals surface area contributed by atoms with Gasteiger partial charge in [-0.15, -0.1) is 0 Å². The van der Waals surface area contributed by atoms with E-state index in [1.54, 1.807) is 10.9 Å². The lowest BCUT2D eigenvalue weighted by Crippen LogP contribution is -2.18. The van der Waals surface area contributed by atoms with Gasteiger partial charge >= 0.3 is 0 Å². The number of thiazole rings is 1. The number of benzene rings is 3. The molecule has 0 fully saturated rings. The van der Waals surface area contributed by atoms with E-state index in [1.165, 1.54) is 16.0 Å². The number of hydrogen-bond donors (Lipinski definition) is 1. The molecule has 38 heavy (non-hydrogen) atoms. The van der Waals surface area contributed by atoms with Crippen molar-refractivity contribution in [3.05, 3.63) is 121 Å². The number of H-pyrrole nitrogens is 1. The molecule has 7 nitrogen and oxygen atoms in total. The first-order valence-corrected chi connectivity index (χ1v) is 13.4. The number of fused-ring (bicyclic) bond motifs is 1. The summed E-state index contributed by atoms with van der Waals surface area (Å²) in [4.78, 5) is 16.6. The van der Waals surface area contributed by atoms with Crippen LogP contribution in [0.2, 0.25) is 0 Å². The van der Waals surface area contributed by atoms with E-state index in [2.05, 4.69) is 10.1 Å². The lowest BCUT2D eigenvalue weighted by molar-refractivity contribution is 0.797. The van der Waals surface area contributed by atoms with Crippen molar-refractivity contribution in [3.8, 4) is 22.6 Å². The highest BCUT2D eigenvalue weighted by Gasteiger charge is 2.15. The third-order valence-electron chi connectivity index (χ3n) is 6.03. The summed E-state index contributed by atoms with van der Waals surface area (Å²) in [5.41, 5.74) is 5.58. The molecule has 0 saturated heterocycles. The van der Waals surface area contributed by atoms with Gasteiger partial charge in [0, 0.05) is 23.0 Å². The molecule has 3 heterocycles. The SMILES string of the molecule is Cc1ccc(-c2nn(-c3ccccc3)cc2/C=N/n2c(=S)[nH]c3c(sc(=S)n3-c3ccccc3)c2=O)cc1. The molecule has 0 aliphatic rings. The molecule has 0 saturated carbocycles. The standard InChI is InChI=1S/C28H20N6OS3/c1-18-12-14-19(15-13-18)23-20(17-32(31-23)21-8-4-2-5-9-21)16-29-34-26(35)24-25(30-27(34)36)33(28(37)38-24)22-10-6-3-7-11-22/h2-17H,1H3,(H,30,36)/b29-16+. The second-order valence-corrected chi connectivity index (χ2v) is 10.6. The quantitative estimate of drug-likeness (QED) is 0.191. The molecule has 6 rings (SSSR count). The third-order valence-corrected chi connectivity index (χ3v) is 7.67. The Morgan fingerprint density at radius 2 is 1.58 bits per heavy atom. The third kappa shape index (κ3) is 4.38. The summed E-state index contributed by atoms with van der Waals surface area (Å²) in [5.74, 6) is 0. The average Bonchev–Trinajstić information content (AvgIpc) is 3.51. The Morgan fingerprint density at radius 3 is 2.26 bits per heavy atom. The zero-order valence-corrected chi connectivity index (χ0v) is 22.6. The molecule has 0 unspecified atom stereocenters. The van der Waals surface area contributed by atoms with Crippen molar-refractivity contribution in [2.45, 2.75) is 6.92 Å². The maximum atomic E-state index is 13.5. The summed E-state index contributed by atoms with van der Waals surface area (Å²) < 4.78 is 5.97. The summed E-state index contributed by atoms with van der Waals surface area (Å²) in [6.07, 6.45) is 3.51. The minimum absolute atomic E-state index is 0.170. The van der Waals surface area contributed by atoms with Gasteiger partial charge in [0.2, 0.25) is 4.77 Å². The van der Waals surface area contributed by atoms with E-state index in [1.807, 2.05) is 103 Å². The monoisotopic (exact) mass is 552 g/mol. The molecule has 3 aromatic heterocycles. The Labute approximate surface area is 231 Å². The van der Waals surface area contributed by atoms with Crippen molar-refractivity contribution in [1.82, 2.24) is 24.0 Å². The molecule has 0 atom stereocenters. The lowest BCUT2D eigenvalue weighted by Gasteiger charge is -2.05. The maximum Gasteiger partial charge on any atom is 0.294 e. The van der Waals surface area contributed by atoms with Crippen LogP contribution in [0.3, 0.4) is 0 Å². The van der Waals surface area contributed by atoms with Crippen molar-refractivity contribution >= 4 is 52.3 Å². The van der Waals surface area contributed by atoms with Gasteiger partial charge < -0.3 is 4.98 Å². The van der Waals surface area contributed by atoms with Gasteiger partial charge in [0.1, 0.15) is 16.0 Å². The number of aromatic amines is 1. The second-order valence-electron chi connectivity index (χ2n) is 8.59. The van der Waals surface area contributed by atoms with Crippen molar-refractivity contribution in [2.75, 3.05) is 0 Å². The molecule has 0 amide bonds. The Kier molecular flexibility index (Phi) is 6.28. The fraction of sp³-hybridized carbons (Fsp3) is 0.0357. The largest absolute Gasteiger partial charge is 0.315 e. The molecule has 10 heteroatoms. The van der Waals surface area contributed by atoms with Gasteiger partial charge in [0.25, 0.3) is 5.56 Å². The highest BCUT2D eigenvalue weighted by Crippen LogP contribution is 2.24. The highest BCUT2D eigenvalue weighted by atomic mass is 32.1. The number of para-hydroxylation sites is 2. The smallest absolute Gasteiger partial charge is 0.294 e. The van der Waals surface area contributed by atoms with Crippen LogP contribution in [0.15, 0.2) is 101 Å². The van der Waals surface area contributed by atoms with Crippen LogP contribution < -0.4 is 5.56 Å². The van der Waals surface area contributed by atoms with Gasteiger partial charge in [-0.2, -0.15) is 14.9 Å². The first-order valence-electron chi connectivity index (χ1n) is 11.7. The molecule has 0 spiro atoms. The Morgan fingerprint density at radius 1 is 0.921 bits per heavy atom. The van der Waals surface area contributed by atoms with Crippen LogP contribution in [0.1, 0.15) is 11.1 Å². The summed E-state index contributed by atoms with van der Waals surface area (Å²) in [7, 11) is 0. The first-order chi connectivity index (χ1) is 18.5. The number of aromatic nitrogens is 5. The van der Waals surface area contributed by atoms with Crippen LogP contribution in [0.5, 0.6) is 0 Å². The van der Waals surface area contributed by atoms with Gasteiger partial charge in [0.15, 0.2) is 3.95 Å². The number of nitrogens with zero attached hydrogens (tertiary/aromatic N) is 5. The number of hydrogen-bond acceptors (Lipinski definition) is 6. The highest BCUT2D eigenvalue weighted by molar-refractivity contribution is 7.73. The van der Waals surface area contributed by atoms with E-state index < -0.39 is 0 Å². The van der Waals surface area contributed by atoms with Gasteiger partial charge in [-0.05, 0) is 55.6 Å². The normalized spacial score (nSPS) is 11.5.